The second kappa shape index (κ2) is 4.92. The van der Waals surface area contributed by atoms with Gasteiger partial charge in [-0.25, -0.2) is 13.1 Å². The van der Waals surface area contributed by atoms with Crippen molar-refractivity contribution in [1.82, 2.24) is 10.0 Å². The van der Waals surface area contributed by atoms with Crippen LogP contribution in [0.5, 0.6) is 0 Å². The van der Waals surface area contributed by atoms with Crippen molar-refractivity contribution >= 4 is 10.0 Å². The third-order valence-corrected chi connectivity index (χ3v) is 5.02. The summed E-state index contributed by atoms with van der Waals surface area (Å²) >= 11 is 0. The molecule has 1 aliphatic rings. The zero-order valence-corrected chi connectivity index (χ0v) is 12.7. The number of nitrogens with one attached hydrogen (secondary N) is 2. The molecule has 1 aliphatic carbocycles. The number of hydrogen-bond acceptors (Lipinski definition) is 4. The quantitative estimate of drug-likeness (QED) is 0.838. The van der Waals surface area contributed by atoms with Crippen LogP contribution in [0.1, 0.15) is 45.1 Å². The van der Waals surface area contributed by atoms with Gasteiger partial charge in [0.25, 0.3) is 0 Å². The van der Waals surface area contributed by atoms with Crippen LogP contribution >= 0.6 is 0 Å². The molecular weight excluding hydrogens is 264 g/mol. The van der Waals surface area contributed by atoms with Crippen LogP contribution in [0.4, 0.5) is 0 Å². The van der Waals surface area contributed by atoms with E-state index in [9.17, 15) is 8.42 Å². The molecule has 1 saturated carbocycles. The molecule has 108 valence electrons. The number of furan rings is 1. The molecule has 1 aromatic rings. The van der Waals surface area contributed by atoms with Crippen molar-refractivity contribution in [3.05, 3.63) is 17.6 Å². The molecule has 5 nitrogen and oxygen atoms in total. The van der Waals surface area contributed by atoms with Gasteiger partial charge in [0.15, 0.2) is 0 Å². The van der Waals surface area contributed by atoms with Crippen molar-refractivity contribution in [2.45, 2.75) is 63.6 Å². The third-order valence-electron chi connectivity index (χ3n) is 3.28. The highest BCUT2D eigenvalue weighted by Gasteiger charge is 2.42. The fraction of sp³-hybridized carbons (Fsp3) is 0.692. The number of sulfonamides is 1. The molecule has 19 heavy (non-hydrogen) atoms. The Balaban J connectivity index is 2.15. The number of aryl methyl sites for hydroxylation is 1. The van der Waals surface area contributed by atoms with Gasteiger partial charge in [0.05, 0.1) is 6.54 Å². The summed E-state index contributed by atoms with van der Waals surface area (Å²) in [6, 6.07) is 1.94. The number of hydrogen-bond donors (Lipinski definition) is 2. The lowest BCUT2D eigenvalue weighted by Gasteiger charge is -2.10. The molecule has 0 saturated heterocycles. The van der Waals surface area contributed by atoms with Crippen molar-refractivity contribution in [1.29, 1.82) is 0 Å². The monoisotopic (exact) mass is 286 g/mol. The smallest absolute Gasteiger partial charge is 0.244 e. The van der Waals surface area contributed by atoms with E-state index in [0.717, 1.165) is 12.8 Å². The molecule has 1 heterocycles. The van der Waals surface area contributed by atoms with E-state index in [0.29, 0.717) is 24.1 Å². The largest absolute Gasteiger partial charge is 0.464 e. The first-order valence-corrected chi connectivity index (χ1v) is 8.07. The first-order chi connectivity index (χ1) is 8.72. The molecule has 1 aromatic heterocycles. The van der Waals surface area contributed by atoms with Gasteiger partial charge in [-0.2, -0.15) is 0 Å². The van der Waals surface area contributed by atoms with Gasteiger partial charge in [0, 0.05) is 17.6 Å². The molecule has 0 aromatic carbocycles. The highest BCUT2D eigenvalue weighted by atomic mass is 32.2. The van der Waals surface area contributed by atoms with Gasteiger partial charge < -0.3 is 9.73 Å². The van der Waals surface area contributed by atoms with E-state index in [2.05, 4.69) is 10.0 Å². The van der Waals surface area contributed by atoms with E-state index >= 15 is 0 Å². The Morgan fingerprint density at radius 2 is 2.05 bits per heavy atom. The second-order valence-electron chi connectivity index (χ2n) is 5.83. The Morgan fingerprint density at radius 1 is 1.42 bits per heavy atom. The fourth-order valence-corrected chi connectivity index (χ4v) is 3.52. The molecule has 2 N–H and O–H groups in total. The van der Waals surface area contributed by atoms with E-state index in [4.69, 9.17) is 4.42 Å². The van der Waals surface area contributed by atoms with Crippen LogP contribution < -0.4 is 10.0 Å². The SMILES string of the molecule is Cc1oc(CNC(C)C)cc1S(=O)(=O)NC1(C)CC1. The lowest BCUT2D eigenvalue weighted by Crippen LogP contribution is -2.34. The average Bonchev–Trinajstić information content (AvgIpc) is 2.85. The fourth-order valence-electron chi connectivity index (χ4n) is 1.85. The van der Waals surface area contributed by atoms with Crippen molar-refractivity contribution in [3.8, 4) is 0 Å². The van der Waals surface area contributed by atoms with Crippen LogP contribution in [0.15, 0.2) is 15.4 Å². The van der Waals surface area contributed by atoms with Crippen LogP contribution in [0, 0.1) is 6.92 Å². The standard InChI is InChI=1S/C13H22N2O3S/c1-9(2)14-8-11-7-12(10(3)18-11)19(16,17)15-13(4)5-6-13/h7,9,14-15H,5-6,8H2,1-4H3. The van der Waals surface area contributed by atoms with Crippen LogP contribution in [-0.2, 0) is 16.6 Å². The third kappa shape index (κ3) is 3.58. The van der Waals surface area contributed by atoms with Gasteiger partial charge >= 0.3 is 0 Å². The van der Waals surface area contributed by atoms with E-state index in [-0.39, 0.29) is 10.4 Å². The minimum absolute atomic E-state index is 0.251. The summed E-state index contributed by atoms with van der Waals surface area (Å²) in [4.78, 5) is 0.251. The maximum absolute atomic E-state index is 12.3. The van der Waals surface area contributed by atoms with Crippen LogP contribution in [-0.4, -0.2) is 20.0 Å². The van der Waals surface area contributed by atoms with Crippen LogP contribution in [0.3, 0.4) is 0 Å². The van der Waals surface area contributed by atoms with E-state index < -0.39 is 10.0 Å². The van der Waals surface area contributed by atoms with Crippen LogP contribution in [0.25, 0.3) is 0 Å². The first kappa shape index (κ1) is 14.6. The van der Waals surface area contributed by atoms with E-state index in [1.807, 2.05) is 20.8 Å². The van der Waals surface area contributed by atoms with Gasteiger partial charge in [-0.15, -0.1) is 0 Å². The molecule has 0 atom stereocenters. The highest BCUT2D eigenvalue weighted by molar-refractivity contribution is 7.89. The average molecular weight is 286 g/mol. The summed E-state index contributed by atoms with van der Waals surface area (Å²) < 4.78 is 32.8. The Hall–Kier alpha value is -0.850. The Kier molecular flexibility index (Phi) is 3.77. The summed E-state index contributed by atoms with van der Waals surface area (Å²) in [5.41, 5.74) is -0.265. The zero-order chi connectivity index (χ0) is 14.3. The molecular formula is C13H22N2O3S. The molecule has 0 aliphatic heterocycles. The molecule has 0 amide bonds. The minimum Gasteiger partial charge on any atom is -0.464 e. The molecule has 6 heteroatoms. The van der Waals surface area contributed by atoms with Gasteiger partial charge in [-0.3, -0.25) is 0 Å². The van der Waals surface area contributed by atoms with Gasteiger partial charge in [-0.05, 0) is 26.7 Å². The molecule has 0 bridgehead atoms. The summed E-state index contributed by atoms with van der Waals surface area (Å²) in [5, 5.41) is 3.21. The number of rotatable bonds is 6. The Bertz CT molecular complexity index is 556. The van der Waals surface area contributed by atoms with Crippen molar-refractivity contribution in [3.63, 3.8) is 0 Å². The van der Waals surface area contributed by atoms with Crippen molar-refractivity contribution in [2.24, 2.45) is 0 Å². The lowest BCUT2D eigenvalue weighted by molar-refractivity contribution is 0.443. The molecule has 0 spiro atoms. The molecule has 0 unspecified atom stereocenters. The topological polar surface area (TPSA) is 71.3 Å². The summed E-state index contributed by atoms with van der Waals surface area (Å²) in [7, 11) is -3.48. The second-order valence-corrected chi connectivity index (χ2v) is 7.49. The van der Waals surface area contributed by atoms with Crippen molar-refractivity contribution < 1.29 is 12.8 Å². The maximum atomic E-state index is 12.3. The van der Waals surface area contributed by atoms with E-state index in [1.54, 1.807) is 13.0 Å². The zero-order valence-electron chi connectivity index (χ0n) is 11.9. The Labute approximate surface area is 114 Å². The Morgan fingerprint density at radius 3 is 2.58 bits per heavy atom. The van der Waals surface area contributed by atoms with E-state index in [1.165, 1.54) is 0 Å². The van der Waals surface area contributed by atoms with Gasteiger partial charge in [0.1, 0.15) is 16.4 Å². The van der Waals surface area contributed by atoms with Crippen molar-refractivity contribution in [2.75, 3.05) is 0 Å². The summed E-state index contributed by atoms with van der Waals surface area (Å²) in [6.07, 6.45) is 1.79. The lowest BCUT2D eigenvalue weighted by atomic mass is 10.3. The predicted octanol–water partition coefficient (Wildman–Crippen LogP) is 1.92. The molecule has 1 fully saturated rings. The van der Waals surface area contributed by atoms with Gasteiger partial charge in [-0.1, -0.05) is 13.8 Å². The summed E-state index contributed by atoms with van der Waals surface area (Å²) in [5.74, 6) is 1.09. The summed E-state index contributed by atoms with van der Waals surface area (Å²) in [6.45, 7) is 8.20. The molecule has 2 rings (SSSR count). The van der Waals surface area contributed by atoms with Gasteiger partial charge in [0.2, 0.25) is 10.0 Å². The van der Waals surface area contributed by atoms with Crippen LogP contribution in [0.2, 0.25) is 0 Å². The minimum atomic E-state index is -3.48. The highest BCUT2D eigenvalue weighted by Crippen LogP contribution is 2.36. The molecule has 0 radical (unpaired) electrons. The maximum Gasteiger partial charge on any atom is 0.244 e. The first-order valence-electron chi connectivity index (χ1n) is 6.58. The normalized spacial score (nSPS) is 17.9. The predicted molar refractivity (Wildman–Crippen MR) is 73.4 cm³/mol.